The molecule has 0 aromatic heterocycles. The third-order valence-electron chi connectivity index (χ3n) is 3.24. The molecule has 0 aliphatic carbocycles. The standard InChI is InChI=1S/C18H13FN2O4S/c19-12-3-5-13(6-4-12)20-18-21-17(24)15(26-18)9-11-1-7-14(8-2-11)25-10-16(22)23/h1-9H,10H2,(H,22,23)(H,20,21,24)/p-1/b15-9+. The molecule has 26 heavy (non-hydrogen) atoms. The number of nitrogens with one attached hydrogen (secondary N) is 1. The minimum atomic E-state index is -1.30. The van der Waals surface area contributed by atoms with Crippen molar-refractivity contribution in [2.75, 3.05) is 6.61 Å². The number of aliphatic carboxylic acids is 1. The molecule has 0 unspecified atom stereocenters. The molecule has 1 fully saturated rings. The van der Waals surface area contributed by atoms with Crippen LogP contribution in [0.3, 0.4) is 0 Å². The molecule has 0 saturated carbocycles. The lowest BCUT2D eigenvalue weighted by atomic mass is 10.2. The Labute approximate surface area is 152 Å². The number of carboxylic acids is 1. The largest absolute Gasteiger partial charge is 0.546 e. The van der Waals surface area contributed by atoms with Crippen molar-refractivity contribution in [3.63, 3.8) is 0 Å². The average molecular weight is 371 g/mol. The first-order valence-electron chi connectivity index (χ1n) is 7.47. The molecule has 1 amide bonds. The van der Waals surface area contributed by atoms with E-state index >= 15 is 0 Å². The van der Waals surface area contributed by atoms with E-state index in [0.29, 0.717) is 21.5 Å². The Morgan fingerprint density at radius 1 is 1.19 bits per heavy atom. The summed E-state index contributed by atoms with van der Waals surface area (Å²) in [7, 11) is 0. The van der Waals surface area contributed by atoms with Gasteiger partial charge in [-0.25, -0.2) is 9.38 Å². The number of ether oxygens (including phenoxy) is 1. The van der Waals surface area contributed by atoms with Crippen LogP contribution in [0.1, 0.15) is 5.56 Å². The van der Waals surface area contributed by atoms with Crippen molar-refractivity contribution in [2.24, 2.45) is 4.99 Å². The quantitative estimate of drug-likeness (QED) is 0.810. The zero-order valence-corrected chi connectivity index (χ0v) is 14.1. The SMILES string of the molecule is O=C([O-])COc1ccc(/C=C2/SC(=Nc3ccc(F)cc3)NC2=O)cc1. The molecule has 6 nitrogen and oxygen atoms in total. The first-order valence-corrected chi connectivity index (χ1v) is 8.29. The van der Waals surface area contributed by atoms with Gasteiger partial charge in [0.15, 0.2) is 5.17 Å². The lowest BCUT2D eigenvalue weighted by Gasteiger charge is -2.06. The number of aliphatic imine (C=N–C) groups is 1. The van der Waals surface area contributed by atoms with Gasteiger partial charge in [0.25, 0.3) is 5.91 Å². The molecule has 2 aromatic carbocycles. The second kappa shape index (κ2) is 7.83. The zero-order chi connectivity index (χ0) is 18.5. The average Bonchev–Trinajstić information content (AvgIpc) is 2.95. The second-order valence-corrected chi connectivity index (χ2v) is 6.22. The van der Waals surface area contributed by atoms with Gasteiger partial charge in [-0.1, -0.05) is 12.1 Å². The van der Waals surface area contributed by atoms with Gasteiger partial charge in [0.2, 0.25) is 0 Å². The van der Waals surface area contributed by atoms with Crippen molar-refractivity contribution in [3.05, 3.63) is 64.8 Å². The van der Waals surface area contributed by atoms with Crippen LogP contribution in [0.2, 0.25) is 0 Å². The summed E-state index contributed by atoms with van der Waals surface area (Å²) in [5.74, 6) is -1.56. The predicted octanol–water partition coefficient (Wildman–Crippen LogP) is 1.85. The Kier molecular flexibility index (Phi) is 5.33. The van der Waals surface area contributed by atoms with Gasteiger partial charge < -0.3 is 20.0 Å². The number of benzene rings is 2. The third kappa shape index (κ3) is 4.70. The molecule has 0 bridgehead atoms. The Bertz CT molecular complexity index is 892. The Morgan fingerprint density at radius 2 is 1.88 bits per heavy atom. The van der Waals surface area contributed by atoms with E-state index in [0.717, 1.165) is 5.56 Å². The van der Waals surface area contributed by atoms with E-state index in [9.17, 15) is 19.1 Å². The normalized spacial score (nSPS) is 16.7. The summed E-state index contributed by atoms with van der Waals surface area (Å²) in [6.45, 7) is -0.526. The van der Waals surface area contributed by atoms with Crippen LogP contribution >= 0.6 is 11.8 Å². The Morgan fingerprint density at radius 3 is 2.54 bits per heavy atom. The summed E-state index contributed by atoms with van der Waals surface area (Å²) in [6, 6.07) is 12.2. The van der Waals surface area contributed by atoms with Gasteiger partial charge in [0, 0.05) is 0 Å². The molecule has 8 heteroatoms. The number of amides is 1. The van der Waals surface area contributed by atoms with Gasteiger partial charge in [0.05, 0.1) is 16.6 Å². The first-order chi connectivity index (χ1) is 12.5. The molecule has 1 N–H and O–H groups in total. The lowest BCUT2D eigenvalue weighted by Crippen LogP contribution is -2.28. The Hall–Kier alpha value is -3.13. The van der Waals surface area contributed by atoms with Crippen LogP contribution in [0.15, 0.2) is 58.4 Å². The number of nitrogens with zero attached hydrogens (tertiary/aromatic N) is 1. The van der Waals surface area contributed by atoms with Gasteiger partial charge in [-0.15, -0.1) is 0 Å². The molecule has 1 heterocycles. The van der Waals surface area contributed by atoms with Crippen molar-refractivity contribution in [1.82, 2.24) is 5.32 Å². The van der Waals surface area contributed by atoms with Crippen LogP contribution in [0.5, 0.6) is 5.75 Å². The number of thioether (sulfide) groups is 1. The molecular weight excluding hydrogens is 359 g/mol. The van der Waals surface area contributed by atoms with Crippen LogP contribution in [0.25, 0.3) is 6.08 Å². The number of hydrogen-bond acceptors (Lipinski definition) is 6. The zero-order valence-electron chi connectivity index (χ0n) is 13.3. The van der Waals surface area contributed by atoms with Crippen LogP contribution in [-0.4, -0.2) is 23.7 Å². The number of hydrogen-bond donors (Lipinski definition) is 1. The van der Waals surface area contributed by atoms with Crippen molar-refractivity contribution >= 4 is 40.6 Å². The van der Waals surface area contributed by atoms with Crippen LogP contribution in [-0.2, 0) is 9.59 Å². The fraction of sp³-hybridized carbons (Fsp3) is 0.0556. The number of amidine groups is 1. The maximum atomic E-state index is 12.9. The van der Waals surface area contributed by atoms with E-state index in [4.69, 9.17) is 4.74 Å². The van der Waals surface area contributed by atoms with Crippen LogP contribution in [0, 0.1) is 5.82 Å². The van der Waals surface area contributed by atoms with Crippen LogP contribution < -0.4 is 15.2 Å². The Balaban J connectivity index is 1.70. The number of carboxylic acid groups (broad SMARTS) is 1. The molecule has 132 valence electrons. The highest BCUT2D eigenvalue weighted by atomic mass is 32.2. The van der Waals surface area contributed by atoms with E-state index in [1.165, 1.54) is 36.0 Å². The summed E-state index contributed by atoms with van der Waals surface area (Å²) < 4.78 is 17.9. The number of rotatable bonds is 5. The summed E-state index contributed by atoms with van der Waals surface area (Å²) in [5, 5.41) is 13.4. The topological polar surface area (TPSA) is 90.8 Å². The van der Waals surface area contributed by atoms with E-state index in [-0.39, 0.29) is 11.7 Å². The highest BCUT2D eigenvalue weighted by Crippen LogP contribution is 2.28. The summed E-state index contributed by atoms with van der Waals surface area (Å²) in [6.07, 6.45) is 1.68. The van der Waals surface area contributed by atoms with Crippen molar-refractivity contribution in [1.29, 1.82) is 0 Å². The third-order valence-corrected chi connectivity index (χ3v) is 4.15. The molecule has 1 aliphatic heterocycles. The van der Waals surface area contributed by atoms with E-state index in [2.05, 4.69) is 10.3 Å². The maximum absolute atomic E-state index is 12.9. The number of carbonyl (C=O) groups excluding carboxylic acids is 2. The molecule has 0 radical (unpaired) electrons. The number of halogens is 1. The fourth-order valence-electron chi connectivity index (χ4n) is 2.07. The smallest absolute Gasteiger partial charge is 0.264 e. The van der Waals surface area contributed by atoms with Gasteiger partial charge in [-0.3, -0.25) is 4.79 Å². The first kappa shape index (κ1) is 17.7. The van der Waals surface area contributed by atoms with Gasteiger partial charge >= 0.3 is 0 Å². The van der Waals surface area contributed by atoms with Crippen molar-refractivity contribution in [3.8, 4) is 5.75 Å². The number of carbonyl (C=O) groups is 2. The molecule has 0 spiro atoms. The maximum Gasteiger partial charge on any atom is 0.264 e. The lowest BCUT2D eigenvalue weighted by molar-refractivity contribution is -0.307. The van der Waals surface area contributed by atoms with E-state index < -0.39 is 12.6 Å². The molecule has 3 rings (SSSR count). The highest BCUT2D eigenvalue weighted by Gasteiger charge is 2.23. The van der Waals surface area contributed by atoms with Gasteiger partial charge in [-0.05, 0) is 59.8 Å². The van der Waals surface area contributed by atoms with Gasteiger partial charge in [-0.2, -0.15) is 0 Å². The van der Waals surface area contributed by atoms with Crippen molar-refractivity contribution < 1.29 is 23.8 Å². The monoisotopic (exact) mass is 371 g/mol. The summed E-state index contributed by atoms with van der Waals surface area (Å²) >= 11 is 1.17. The highest BCUT2D eigenvalue weighted by molar-refractivity contribution is 8.18. The minimum absolute atomic E-state index is 0.284. The van der Waals surface area contributed by atoms with E-state index in [1.54, 1.807) is 30.3 Å². The van der Waals surface area contributed by atoms with Gasteiger partial charge in [0.1, 0.15) is 18.2 Å². The molecular formula is C18H12FN2O4S-. The molecule has 1 saturated heterocycles. The molecule has 2 aromatic rings. The fourth-order valence-corrected chi connectivity index (χ4v) is 2.91. The summed E-state index contributed by atoms with van der Waals surface area (Å²) in [4.78, 5) is 27.1. The molecule has 1 aliphatic rings. The second-order valence-electron chi connectivity index (χ2n) is 5.19. The molecule has 0 atom stereocenters. The van der Waals surface area contributed by atoms with E-state index in [1.807, 2.05) is 0 Å². The van der Waals surface area contributed by atoms with Crippen LogP contribution in [0.4, 0.5) is 10.1 Å². The van der Waals surface area contributed by atoms with Crippen molar-refractivity contribution in [2.45, 2.75) is 0 Å². The minimum Gasteiger partial charge on any atom is -0.546 e. The summed E-state index contributed by atoms with van der Waals surface area (Å²) in [5.41, 5.74) is 1.27. The predicted molar refractivity (Wildman–Crippen MR) is 94.1 cm³/mol.